The maximum atomic E-state index is 2.30. The Morgan fingerprint density at radius 2 is 1.88 bits per heavy atom. The highest BCUT2D eigenvalue weighted by Crippen LogP contribution is 2.23. The van der Waals surface area contributed by atoms with E-state index in [-0.39, 0.29) is 0 Å². The van der Waals surface area contributed by atoms with Gasteiger partial charge in [0.15, 0.2) is 0 Å². The molecule has 0 aliphatic carbocycles. The fourth-order valence-electron chi connectivity index (χ4n) is 1.58. The van der Waals surface area contributed by atoms with Crippen LogP contribution in [0, 0.1) is 5.92 Å². The van der Waals surface area contributed by atoms with Crippen LogP contribution in [0.25, 0.3) is 0 Å². The summed E-state index contributed by atoms with van der Waals surface area (Å²) in [5, 5.41) is 0. The third-order valence-electron chi connectivity index (χ3n) is 2.79. The lowest BCUT2D eigenvalue weighted by atomic mass is 10.1. The van der Waals surface area contributed by atoms with Gasteiger partial charge in [0.05, 0.1) is 0 Å². The first-order chi connectivity index (χ1) is 7.72. The van der Waals surface area contributed by atoms with Gasteiger partial charge in [-0.15, -0.1) is 11.8 Å². The Balaban J connectivity index is 2.28. The molecule has 0 spiro atoms. The van der Waals surface area contributed by atoms with Crippen molar-refractivity contribution in [3.63, 3.8) is 0 Å². The maximum Gasteiger partial charge on any atom is 0.00720 e. The van der Waals surface area contributed by atoms with Crippen LogP contribution in [0.4, 0.5) is 0 Å². The van der Waals surface area contributed by atoms with Crippen molar-refractivity contribution in [3.05, 3.63) is 30.3 Å². The van der Waals surface area contributed by atoms with Gasteiger partial charge in [-0.25, -0.2) is 0 Å². The molecule has 0 aliphatic heterocycles. The normalized spacial score (nSPS) is 13.0. The van der Waals surface area contributed by atoms with E-state index < -0.39 is 0 Å². The minimum absolute atomic E-state index is 0.840. The summed E-state index contributed by atoms with van der Waals surface area (Å²) in [5.41, 5.74) is 0. The summed E-state index contributed by atoms with van der Waals surface area (Å²) in [6.07, 6.45) is 2.59. The van der Waals surface area contributed by atoms with Gasteiger partial charge in [0.2, 0.25) is 0 Å². The SMILES string of the molecule is CCC(CCN(C)C)CSc1ccccc1. The highest BCUT2D eigenvalue weighted by molar-refractivity contribution is 7.99. The van der Waals surface area contributed by atoms with Crippen LogP contribution in [0.1, 0.15) is 19.8 Å². The zero-order valence-electron chi connectivity index (χ0n) is 10.6. The Kier molecular flexibility index (Phi) is 6.58. The molecule has 1 nitrogen and oxygen atoms in total. The Morgan fingerprint density at radius 1 is 1.19 bits per heavy atom. The number of thioether (sulfide) groups is 1. The van der Waals surface area contributed by atoms with Gasteiger partial charge in [-0.1, -0.05) is 31.5 Å². The molecule has 0 N–H and O–H groups in total. The van der Waals surface area contributed by atoms with E-state index in [1.54, 1.807) is 0 Å². The highest BCUT2D eigenvalue weighted by atomic mass is 32.2. The van der Waals surface area contributed by atoms with Gasteiger partial charge in [0.1, 0.15) is 0 Å². The van der Waals surface area contributed by atoms with Crippen molar-refractivity contribution in [2.24, 2.45) is 5.92 Å². The van der Waals surface area contributed by atoms with Crippen LogP contribution in [0.2, 0.25) is 0 Å². The number of hydrogen-bond acceptors (Lipinski definition) is 2. The molecule has 2 heteroatoms. The van der Waals surface area contributed by atoms with Crippen LogP contribution in [-0.2, 0) is 0 Å². The van der Waals surface area contributed by atoms with Crippen molar-refractivity contribution in [1.29, 1.82) is 0 Å². The van der Waals surface area contributed by atoms with Gasteiger partial charge in [-0.2, -0.15) is 0 Å². The van der Waals surface area contributed by atoms with Crippen LogP contribution in [0.3, 0.4) is 0 Å². The summed E-state index contributed by atoms with van der Waals surface area (Å²) in [5.74, 6) is 2.08. The Bertz CT molecular complexity index is 271. The molecule has 0 saturated heterocycles. The molecule has 1 rings (SSSR count). The van der Waals surface area contributed by atoms with Crippen LogP contribution in [-0.4, -0.2) is 31.3 Å². The van der Waals surface area contributed by atoms with E-state index in [0.717, 1.165) is 5.92 Å². The summed E-state index contributed by atoms with van der Waals surface area (Å²) in [6.45, 7) is 3.50. The molecule has 16 heavy (non-hydrogen) atoms. The number of hydrogen-bond donors (Lipinski definition) is 0. The lowest BCUT2D eigenvalue weighted by molar-refractivity contribution is 0.359. The first-order valence-electron chi connectivity index (χ1n) is 6.05. The second-order valence-corrected chi connectivity index (χ2v) is 5.58. The van der Waals surface area contributed by atoms with E-state index in [4.69, 9.17) is 0 Å². The third-order valence-corrected chi connectivity index (χ3v) is 4.03. The summed E-state index contributed by atoms with van der Waals surface area (Å²) in [4.78, 5) is 3.67. The van der Waals surface area contributed by atoms with Crippen LogP contribution in [0.15, 0.2) is 35.2 Å². The molecule has 0 heterocycles. The minimum Gasteiger partial charge on any atom is -0.309 e. The van der Waals surface area contributed by atoms with Crippen LogP contribution >= 0.6 is 11.8 Å². The second-order valence-electron chi connectivity index (χ2n) is 4.49. The molecule has 0 bridgehead atoms. The molecule has 1 aromatic rings. The Labute approximate surface area is 104 Å². The predicted molar refractivity (Wildman–Crippen MR) is 74.1 cm³/mol. The average Bonchev–Trinajstić information content (AvgIpc) is 2.30. The monoisotopic (exact) mass is 237 g/mol. The van der Waals surface area contributed by atoms with E-state index in [2.05, 4.69) is 56.3 Å². The van der Waals surface area contributed by atoms with E-state index in [1.807, 2.05) is 11.8 Å². The molecule has 0 aliphatic rings. The van der Waals surface area contributed by atoms with Gasteiger partial charge < -0.3 is 4.90 Å². The number of rotatable bonds is 7. The van der Waals surface area contributed by atoms with Crippen molar-refractivity contribution in [2.75, 3.05) is 26.4 Å². The predicted octanol–water partition coefficient (Wildman–Crippen LogP) is 3.76. The summed E-state index contributed by atoms with van der Waals surface area (Å²) in [6, 6.07) is 10.7. The molecule has 0 saturated carbocycles. The van der Waals surface area contributed by atoms with Gasteiger partial charge in [0.25, 0.3) is 0 Å². The van der Waals surface area contributed by atoms with Gasteiger partial charge in [-0.05, 0) is 45.1 Å². The fourth-order valence-corrected chi connectivity index (χ4v) is 2.76. The fraction of sp³-hybridized carbons (Fsp3) is 0.571. The molecular weight excluding hydrogens is 214 g/mol. The van der Waals surface area contributed by atoms with Crippen molar-refractivity contribution in [2.45, 2.75) is 24.7 Å². The largest absolute Gasteiger partial charge is 0.309 e. The molecule has 90 valence electrons. The van der Waals surface area contributed by atoms with E-state index >= 15 is 0 Å². The van der Waals surface area contributed by atoms with Crippen molar-refractivity contribution in [1.82, 2.24) is 4.90 Å². The molecular formula is C14H23NS. The molecule has 0 amide bonds. The highest BCUT2D eigenvalue weighted by Gasteiger charge is 2.07. The quantitative estimate of drug-likeness (QED) is 0.664. The topological polar surface area (TPSA) is 3.24 Å². The molecule has 1 unspecified atom stereocenters. The lowest BCUT2D eigenvalue weighted by Gasteiger charge is -2.17. The van der Waals surface area contributed by atoms with E-state index in [1.165, 1.54) is 30.0 Å². The molecule has 0 fully saturated rings. The van der Waals surface area contributed by atoms with E-state index in [0.29, 0.717) is 0 Å². The average molecular weight is 237 g/mol. The Hall–Kier alpha value is -0.470. The zero-order valence-corrected chi connectivity index (χ0v) is 11.5. The first-order valence-corrected chi connectivity index (χ1v) is 7.03. The second kappa shape index (κ2) is 7.75. The standard InChI is InChI=1S/C14H23NS/c1-4-13(10-11-15(2)3)12-16-14-8-6-5-7-9-14/h5-9,13H,4,10-12H2,1-3H3. The summed E-state index contributed by atoms with van der Waals surface area (Å²) < 4.78 is 0. The van der Waals surface area contributed by atoms with Crippen LogP contribution < -0.4 is 0 Å². The van der Waals surface area contributed by atoms with E-state index in [9.17, 15) is 0 Å². The van der Waals surface area contributed by atoms with Gasteiger partial charge in [0, 0.05) is 10.6 Å². The summed E-state index contributed by atoms with van der Waals surface area (Å²) >= 11 is 1.99. The molecule has 1 aromatic carbocycles. The van der Waals surface area contributed by atoms with Gasteiger partial charge >= 0.3 is 0 Å². The van der Waals surface area contributed by atoms with Crippen molar-refractivity contribution in [3.8, 4) is 0 Å². The summed E-state index contributed by atoms with van der Waals surface area (Å²) in [7, 11) is 4.30. The Morgan fingerprint density at radius 3 is 2.44 bits per heavy atom. The number of nitrogens with zero attached hydrogens (tertiary/aromatic N) is 1. The molecule has 1 atom stereocenters. The van der Waals surface area contributed by atoms with Crippen molar-refractivity contribution >= 4 is 11.8 Å². The minimum atomic E-state index is 0.840. The number of benzene rings is 1. The molecule has 0 radical (unpaired) electrons. The van der Waals surface area contributed by atoms with Crippen molar-refractivity contribution < 1.29 is 0 Å². The third kappa shape index (κ3) is 5.57. The first kappa shape index (κ1) is 13.6. The lowest BCUT2D eigenvalue weighted by Crippen LogP contribution is -2.17. The smallest absolute Gasteiger partial charge is 0.00720 e. The zero-order chi connectivity index (χ0) is 11.8. The van der Waals surface area contributed by atoms with Crippen LogP contribution in [0.5, 0.6) is 0 Å². The maximum absolute atomic E-state index is 2.30. The van der Waals surface area contributed by atoms with Gasteiger partial charge in [-0.3, -0.25) is 0 Å². The molecule has 0 aromatic heterocycles.